The summed E-state index contributed by atoms with van der Waals surface area (Å²) in [5.74, 6) is -0.365. The zero-order valence-corrected chi connectivity index (χ0v) is 17.2. The summed E-state index contributed by atoms with van der Waals surface area (Å²) in [6.45, 7) is 3.26. The Morgan fingerprint density at radius 2 is 1.97 bits per heavy atom. The summed E-state index contributed by atoms with van der Waals surface area (Å²) in [6.07, 6.45) is 1.04. The van der Waals surface area contributed by atoms with E-state index >= 15 is 0 Å². The third-order valence-corrected chi connectivity index (χ3v) is 5.86. The highest BCUT2D eigenvalue weighted by Crippen LogP contribution is 2.38. The fraction of sp³-hybridized carbons (Fsp3) is 0.364. The van der Waals surface area contributed by atoms with Crippen LogP contribution >= 0.6 is 0 Å². The van der Waals surface area contributed by atoms with Crippen LogP contribution in [0.4, 0.5) is 0 Å². The summed E-state index contributed by atoms with van der Waals surface area (Å²) in [5.41, 5.74) is 2.30. The van der Waals surface area contributed by atoms with E-state index in [0.29, 0.717) is 24.1 Å². The quantitative estimate of drug-likeness (QED) is 0.505. The lowest BCUT2D eigenvalue weighted by Crippen LogP contribution is -2.50. The maximum Gasteiger partial charge on any atom is 0.300 e. The van der Waals surface area contributed by atoms with E-state index in [1.807, 2.05) is 41.0 Å². The largest absolute Gasteiger partial charge is 0.481 e. The number of H-pyrrole nitrogens is 1. The standard InChI is InChI=1S/C20H21N5O2.C2H4O2/c26-18-7-3-6-16-12-8-13(10-21-9-12)17(25(16)18)11-22-20(27)19-14-4-1-2-5-15(14)23-24-19;1-2(3)4/h1-7,12-13,17,21H,8-11H2,(H,22,27)(H,23,24);1H3,(H,3,4)/t12-,13+,17+;/m1./s1. The molecule has 4 heterocycles. The molecule has 0 spiro atoms. The molecule has 1 amide bonds. The van der Waals surface area contributed by atoms with Crippen molar-refractivity contribution in [2.75, 3.05) is 19.6 Å². The molecule has 2 aromatic heterocycles. The maximum atomic E-state index is 12.7. The van der Waals surface area contributed by atoms with Crippen LogP contribution in [0.3, 0.4) is 0 Å². The Labute approximate surface area is 178 Å². The van der Waals surface area contributed by atoms with Crippen molar-refractivity contribution in [1.29, 1.82) is 0 Å². The fourth-order valence-corrected chi connectivity index (χ4v) is 4.58. The normalized spacial score (nSPS) is 21.5. The van der Waals surface area contributed by atoms with E-state index in [1.165, 1.54) is 0 Å². The Bertz CT molecular complexity index is 1160. The predicted octanol–water partition coefficient (Wildman–Crippen LogP) is 1.49. The van der Waals surface area contributed by atoms with Gasteiger partial charge < -0.3 is 20.3 Å². The first kappa shape index (κ1) is 20.8. The highest BCUT2D eigenvalue weighted by atomic mass is 16.4. The first-order valence-corrected chi connectivity index (χ1v) is 10.3. The molecule has 1 fully saturated rings. The number of carboxylic acid groups (broad SMARTS) is 1. The van der Waals surface area contributed by atoms with Crippen LogP contribution in [0.5, 0.6) is 0 Å². The summed E-state index contributed by atoms with van der Waals surface area (Å²) in [4.78, 5) is 34.3. The van der Waals surface area contributed by atoms with Gasteiger partial charge >= 0.3 is 0 Å². The Morgan fingerprint density at radius 1 is 1.19 bits per heavy atom. The smallest absolute Gasteiger partial charge is 0.300 e. The number of nitrogens with zero attached hydrogens (tertiary/aromatic N) is 2. The molecule has 31 heavy (non-hydrogen) atoms. The van der Waals surface area contributed by atoms with Crippen LogP contribution < -0.4 is 16.2 Å². The molecule has 0 aliphatic carbocycles. The van der Waals surface area contributed by atoms with Gasteiger partial charge in [-0.25, -0.2) is 0 Å². The minimum Gasteiger partial charge on any atom is -0.481 e. The van der Waals surface area contributed by atoms with Gasteiger partial charge in [-0.05, 0) is 24.5 Å². The number of hydrogen-bond donors (Lipinski definition) is 4. The van der Waals surface area contributed by atoms with E-state index in [2.05, 4.69) is 20.8 Å². The molecule has 1 aromatic carbocycles. The number of nitrogens with one attached hydrogen (secondary N) is 3. The first-order chi connectivity index (χ1) is 15.0. The Balaban J connectivity index is 0.000000535. The van der Waals surface area contributed by atoms with Gasteiger partial charge in [-0.1, -0.05) is 24.3 Å². The SMILES string of the molecule is CC(=O)O.O=C(NC[C@H]1[C@@H]2CNC[C@@H](C2)c2cccc(=O)n21)c1n[nH]c2ccccc12. The van der Waals surface area contributed by atoms with Gasteiger partial charge in [-0.15, -0.1) is 0 Å². The average Bonchev–Trinajstić information content (AvgIpc) is 3.18. The van der Waals surface area contributed by atoms with Crippen LogP contribution in [-0.2, 0) is 4.79 Å². The third-order valence-electron chi connectivity index (χ3n) is 5.86. The van der Waals surface area contributed by atoms with Crippen LogP contribution in [0.15, 0.2) is 47.3 Å². The second kappa shape index (κ2) is 8.73. The number of pyridine rings is 1. The second-order valence-electron chi connectivity index (χ2n) is 7.92. The van der Waals surface area contributed by atoms with E-state index in [9.17, 15) is 9.59 Å². The Hall–Kier alpha value is -3.46. The van der Waals surface area contributed by atoms with Gasteiger partial charge in [0.15, 0.2) is 5.69 Å². The summed E-state index contributed by atoms with van der Waals surface area (Å²) in [6, 6.07) is 13.0. The number of rotatable bonds is 3. The van der Waals surface area contributed by atoms with Crippen molar-refractivity contribution in [1.82, 2.24) is 25.4 Å². The molecule has 9 heteroatoms. The van der Waals surface area contributed by atoms with Crippen LogP contribution in [0, 0.1) is 5.92 Å². The minimum absolute atomic E-state index is 0.00793. The van der Waals surface area contributed by atoms with Crippen LogP contribution in [0.2, 0.25) is 0 Å². The van der Waals surface area contributed by atoms with E-state index in [1.54, 1.807) is 6.07 Å². The minimum atomic E-state index is -0.833. The summed E-state index contributed by atoms with van der Waals surface area (Å²) in [7, 11) is 0. The lowest BCUT2D eigenvalue weighted by Gasteiger charge is -2.43. The van der Waals surface area contributed by atoms with Crippen molar-refractivity contribution < 1.29 is 14.7 Å². The van der Waals surface area contributed by atoms with Gasteiger partial charge in [0.25, 0.3) is 17.4 Å². The number of aromatic nitrogens is 3. The molecular formula is C22H25N5O4. The zero-order chi connectivity index (χ0) is 22.0. The van der Waals surface area contributed by atoms with Gasteiger partial charge in [0.1, 0.15) is 0 Å². The van der Waals surface area contributed by atoms with Gasteiger partial charge in [0.2, 0.25) is 0 Å². The van der Waals surface area contributed by atoms with Crippen LogP contribution in [-0.4, -0.2) is 51.4 Å². The number of carbonyl (C=O) groups is 2. The molecule has 2 aliphatic heterocycles. The number of hydrogen-bond acceptors (Lipinski definition) is 5. The highest BCUT2D eigenvalue weighted by molar-refractivity contribution is 6.04. The number of carboxylic acids is 1. The third kappa shape index (κ3) is 4.22. The fourth-order valence-electron chi connectivity index (χ4n) is 4.58. The van der Waals surface area contributed by atoms with Crippen molar-refractivity contribution in [3.05, 3.63) is 64.2 Å². The molecule has 5 rings (SSSR count). The molecule has 0 radical (unpaired) electrons. The lowest BCUT2D eigenvalue weighted by molar-refractivity contribution is -0.134. The summed E-state index contributed by atoms with van der Waals surface area (Å²) < 4.78 is 1.89. The molecule has 9 nitrogen and oxygen atoms in total. The number of para-hydroxylation sites is 1. The monoisotopic (exact) mass is 423 g/mol. The molecule has 1 saturated heterocycles. The van der Waals surface area contributed by atoms with Crippen molar-refractivity contribution in [2.45, 2.75) is 25.3 Å². The second-order valence-corrected chi connectivity index (χ2v) is 7.92. The van der Waals surface area contributed by atoms with Crippen LogP contribution in [0.1, 0.15) is 41.5 Å². The molecule has 3 aromatic rings. The number of aliphatic carboxylic acids is 1. The van der Waals surface area contributed by atoms with Crippen molar-refractivity contribution in [2.24, 2.45) is 5.92 Å². The molecular weight excluding hydrogens is 398 g/mol. The average molecular weight is 423 g/mol. The summed E-state index contributed by atoms with van der Waals surface area (Å²) in [5, 5.41) is 21.8. The van der Waals surface area contributed by atoms with Crippen molar-refractivity contribution >= 4 is 22.8 Å². The zero-order valence-electron chi connectivity index (χ0n) is 17.2. The van der Waals surface area contributed by atoms with Gasteiger partial charge in [0, 0.05) is 49.6 Å². The Kier molecular flexibility index (Phi) is 5.85. The molecule has 4 N–H and O–H groups in total. The maximum absolute atomic E-state index is 12.7. The Morgan fingerprint density at radius 3 is 2.77 bits per heavy atom. The number of aromatic amines is 1. The highest BCUT2D eigenvalue weighted by Gasteiger charge is 2.37. The van der Waals surface area contributed by atoms with E-state index in [4.69, 9.17) is 9.90 Å². The van der Waals surface area contributed by atoms with E-state index in [0.717, 1.165) is 43.0 Å². The number of benzene rings is 1. The predicted molar refractivity (Wildman–Crippen MR) is 115 cm³/mol. The van der Waals surface area contributed by atoms with Crippen molar-refractivity contribution in [3.63, 3.8) is 0 Å². The molecule has 2 bridgehead atoms. The van der Waals surface area contributed by atoms with E-state index in [-0.39, 0.29) is 17.5 Å². The summed E-state index contributed by atoms with van der Waals surface area (Å²) >= 11 is 0. The molecule has 2 aliphatic rings. The van der Waals surface area contributed by atoms with E-state index < -0.39 is 5.97 Å². The molecule has 0 unspecified atom stereocenters. The number of amides is 1. The first-order valence-electron chi connectivity index (χ1n) is 10.3. The number of piperidine rings is 1. The molecule has 162 valence electrons. The van der Waals surface area contributed by atoms with Gasteiger partial charge in [-0.3, -0.25) is 19.5 Å². The molecule has 3 atom stereocenters. The van der Waals surface area contributed by atoms with Gasteiger partial charge in [-0.2, -0.15) is 5.10 Å². The van der Waals surface area contributed by atoms with Gasteiger partial charge in [0.05, 0.1) is 11.6 Å². The van der Waals surface area contributed by atoms with Crippen LogP contribution in [0.25, 0.3) is 10.9 Å². The van der Waals surface area contributed by atoms with Crippen molar-refractivity contribution in [3.8, 4) is 0 Å². The lowest BCUT2D eigenvalue weighted by atomic mass is 9.79. The topological polar surface area (TPSA) is 129 Å². The molecule has 0 saturated carbocycles. The number of carbonyl (C=O) groups excluding carboxylic acids is 1. The number of fused-ring (bicyclic) bond motifs is 5.